The van der Waals surface area contributed by atoms with Crippen molar-refractivity contribution < 1.29 is 9.72 Å². The van der Waals surface area contributed by atoms with Gasteiger partial charge in [-0.3, -0.25) is 19.8 Å². The lowest BCUT2D eigenvalue weighted by Crippen LogP contribution is -2.43. The molecule has 0 radical (unpaired) electrons. The number of hydrogen-bond acceptors (Lipinski definition) is 6. The average Bonchev–Trinajstić information content (AvgIpc) is 3.16. The third-order valence-corrected chi connectivity index (χ3v) is 6.92. The number of carbonyl (C=O) groups is 1. The number of nitrogens with one attached hydrogen (secondary N) is 2. The van der Waals surface area contributed by atoms with Crippen LogP contribution in [0.2, 0.25) is 0 Å². The molecule has 0 aliphatic carbocycles. The lowest BCUT2D eigenvalue weighted by Gasteiger charge is -2.28. The van der Waals surface area contributed by atoms with Crippen molar-refractivity contribution in [3.8, 4) is 0 Å². The van der Waals surface area contributed by atoms with Crippen LogP contribution in [0.5, 0.6) is 0 Å². The van der Waals surface area contributed by atoms with E-state index >= 15 is 0 Å². The summed E-state index contributed by atoms with van der Waals surface area (Å²) < 4.78 is 0. The molecule has 0 saturated heterocycles. The van der Waals surface area contributed by atoms with Gasteiger partial charge in [-0.15, -0.1) is 11.3 Å². The summed E-state index contributed by atoms with van der Waals surface area (Å²) in [6.45, 7) is 2.69. The Morgan fingerprint density at radius 3 is 2.66 bits per heavy atom. The lowest BCUT2D eigenvalue weighted by atomic mass is 10.0. The van der Waals surface area contributed by atoms with Gasteiger partial charge < -0.3 is 10.6 Å². The number of rotatable bonds is 5. The molecule has 1 amide bonds. The Morgan fingerprint density at radius 1 is 1.12 bits per heavy atom. The van der Waals surface area contributed by atoms with Crippen molar-refractivity contribution >= 4 is 34.0 Å². The molecule has 162 valence electrons. The van der Waals surface area contributed by atoms with Crippen LogP contribution in [0.1, 0.15) is 31.9 Å². The number of non-ortho nitro benzene ring substituents is 1. The molecule has 8 heteroatoms. The largest absolute Gasteiger partial charge is 0.353 e. The first-order chi connectivity index (χ1) is 15.6. The number of hydrogen-bond donors (Lipinski definition) is 2. The van der Waals surface area contributed by atoms with Crippen LogP contribution in [0, 0.1) is 10.1 Å². The highest BCUT2D eigenvalue weighted by Crippen LogP contribution is 2.39. The highest BCUT2D eigenvalue weighted by atomic mass is 32.1. The number of anilines is 1. The summed E-state index contributed by atoms with van der Waals surface area (Å²) >= 11 is 1.66. The minimum atomic E-state index is -0.419. The topological polar surface area (TPSA) is 87.5 Å². The van der Waals surface area contributed by atoms with Gasteiger partial charge in [0.15, 0.2) is 0 Å². The average molecular weight is 447 g/mol. The molecule has 3 heterocycles. The van der Waals surface area contributed by atoms with Gasteiger partial charge in [-0.25, -0.2) is 0 Å². The van der Waals surface area contributed by atoms with Crippen LogP contribution in [0.15, 0.2) is 60.7 Å². The van der Waals surface area contributed by atoms with Crippen LogP contribution >= 0.6 is 11.3 Å². The lowest BCUT2D eigenvalue weighted by molar-refractivity contribution is -0.384. The molecule has 2 aromatic carbocycles. The smallest absolute Gasteiger partial charge is 0.269 e. The van der Waals surface area contributed by atoms with Crippen molar-refractivity contribution in [2.45, 2.75) is 25.7 Å². The Kier molecular flexibility index (Phi) is 5.46. The first kappa shape index (κ1) is 20.4. The third-order valence-electron chi connectivity index (χ3n) is 5.77. The zero-order chi connectivity index (χ0) is 22.1. The number of nitro benzene ring substituents is 1. The van der Waals surface area contributed by atoms with Crippen molar-refractivity contribution in [1.29, 1.82) is 0 Å². The summed E-state index contributed by atoms with van der Waals surface area (Å²) in [5.41, 5.74) is 4.13. The first-order valence-electron chi connectivity index (χ1n) is 10.5. The molecule has 2 aliphatic rings. The summed E-state index contributed by atoms with van der Waals surface area (Å²) in [7, 11) is 0. The Bertz CT molecular complexity index is 1190. The maximum absolute atomic E-state index is 12.9. The van der Waals surface area contributed by atoms with E-state index < -0.39 is 4.92 Å². The van der Waals surface area contributed by atoms with Gasteiger partial charge in [0.2, 0.25) is 0 Å². The van der Waals surface area contributed by atoms with E-state index in [4.69, 9.17) is 0 Å². The van der Waals surface area contributed by atoms with Gasteiger partial charge >= 0.3 is 0 Å². The van der Waals surface area contributed by atoms with Gasteiger partial charge in [-0.2, -0.15) is 0 Å². The minimum Gasteiger partial charge on any atom is -0.353 e. The van der Waals surface area contributed by atoms with Gasteiger partial charge in [-0.1, -0.05) is 36.4 Å². The molecule has 3 aromatic rings. The number of nitro groups is 1. The number of amides is 1. The predicted octanol–water partition coefficient (Wildman–Crippen LogP) is 4.41. The Balaban J connectivity index is 1.29. The van der Waals surface area contributed by atoms with Crippen LogP contribution in [-0.4, -0.2) is 28.4 Å². The summed E-state index contributed by atoms with van der Waals surface area (Å²) in [6.07, 6.45) is 4.25. The Morgan fingerprint density at radius 2 is 1.91 bits per heavy atom. The number of nitrogens with zero attached hydrogens (tertiary/aromatic N) is 2. The van der Waals surface area contributed by atoms with Crippen LogP contribution < -0.4 is 10.6 Å². The van der Waals surface area contributed by atoms with E-state index in [1.807, 2.05) is 18.2 Å². The quantitative estimate of drug-likeness (QED) is 0.448. The highest BCUT2D eigenvalue weighted by molar-refractivity contribution is 7.16. The number of benzene rings is 2. The Labute approximate surface area is 189 Å². The molecule has 5 rings (SSSR count). The number of thiophene rings is 1. The summed E-state index contributed by atoms with van der Waals surface area (Å²) in [6, 6.07) is 16.8. The van der Waals surface area contributed by atoms with Gasteiger partial charge in [0.25, 0.3) is 11.6 Å². The highest BCUT2D eigenvalue weighted by Gasteiger charge is 2.32. The van der Waals surface area contributed by atoms with Crippen molar-refractivity contribution in [1.82, 2.24) is 10.2 Å². The molecular formula is C24H22N4O3S. The molecular weight excluding hydrogens is 424 g/mol. The fourth-order valence-corrected chi connectivity index (χ4v) is 5.50. The van der Waals surface area contributed by atoms with Crippen LogP contribution in [-0.2, 0) is 19.5 Å². The minimum absolute atomic E-state index is 0.0499. The molecule has 1 atom stereocenters. The van der Waals surface area contributed by atoms with E-state index in [1.165, 1.54) is 22.6 Å². The Hall–Kier alpha value is -3.49. The van der Waals surface area contributed by atoms with Crippen LogP contribution in [0.3, 0.4) is 0 Å². The van der Waals surface area contributed by atoms with E-state index in [0.717, 1.165) is 47.7 Å². The molecule has 0 bridgehead atoms. The summed E-state index contributed by atoms with van der Waals surface area (Å²) in [5, 5.41) is 18.1. The second-order valence-corrected chi connectivity index (χ2v) is 9.06. The summed E-state index contributed by atoms with van der Waals surface area (Å²) in [5.74, 6) is -0.0499. The van der Waals surface area contributed by atoms with Crippen molar-refractivity contribution in [3.63, 3.8) is 0 Å². The van der Waals surface area contributed by atoms with E-state index in [2.05, 4.69) is 39.8 Å². The zero-order valence-electron chi connectivity index (χ0n) is 17.3. The van der Waals surface area contributed by atoms with Gasteiger partial charge in [0.05, 0.1) is 10.5 Å². The molecule has 0 unspecified atom stereocenters. The first-order valence-corrected chi connectivity index (χ1v) is 11.3. The molecule has 2 aliphatic heterocycles. The van der Waals surface area contributed by atoms with Crippen molar-refractivity contribution in [3.05, 3.63) is 97.9 Å². The van der Waals surface area contributed by atoms with E-state index in [1.54, 1.807) is 23.5 Å². The SMILES string of the molecule is O=C1N[C@H](/C=C\c2ccc([N+](=O)[O-])cc2)Nc2sc3c(c21)CCN(Cc1ccccc1)C3. The number of carbonyl (C=O) groups excluding carboxylic acids is 1. The second kappa shape index (κ2) is 8.57. The van der Waals surface area contributed by atoms with E-state index in [9.17, 15) is 14.9 Å². The van der Waals surface area contributed by atoms with Crippen molar-refractivity contribution in [2.75, 3.05) is 11.9 Å². The van der Waals surface area contributed by atoms with E-state index in [0.29, 0.717) is 0 Å². The maximum Gasteiger partial charge on any atom is 0.269 e. The van der Waals surface area contributed by atoms with E-state index in [-0.39, 0.29) is 17.8 Å². The van der Waals surface area contributed by atoms with Crippen molar-refractivity contribution in [2.24, 2.45) is 0 Å². The second-order valence-electron chi connectivity index (χ2n) is 7.96. The summed E-state index contributed by atoms with van der Waals surface area (Å²) in [4.78, 5) is 26.9. The number of fused-ring (bicyclic) bond motifs is 3. The molecule has 0 fully saturated rings. The molecule has 2 N–H and O–H groups in total. The zero-order valence-corrected chi connectivity index (χ0v) is 18.1. The van der Waals surface area contributed by atoms with Gasteiger partial charge in [0, 0.05) is 36.6 Å². The van der Waals surface area contributed by atoms with Crippen LogP contribution in [0.25, 0.3) is 6.08 Å². The monoisotopic (exact) mass is 446 g/mol. The molecule has 0 spiro atoms. The molecule has 7 nitrogen and oxygen atoms in total. The predicted molar refractivity (Wildman–Crippen MR) is 126 cm³/mol. The fourth-order valence-electron chi connectivity index (χ4n) is 4.18. The fraction of sp³-hybridized carbons (Fsp3) is 0.208. The van der Waals surface area contributed by atoms with Crippen LogP contribution in [0.4, 0.5) is 10.7 Å². The molecule has 0 saturated carbocycles. The van der Waals surface area contributed by atoms with Gasteiger partial charge in [-0.05, 0) is 41.3 Å². The maximum atomic E-state index is 12.9. The molecule has 32 heavy (non-hydrogen) atoms. The van der Waals surface area contributed by atoms with Gasteiger partial charge in [0.1, 0.15) is 11.2 Å². The standard InChI is InChI=1S/C24H22N4O3S/c29-23-22-19-12-13-27(14-17-4-2-1-3-5-17)15-20(19)32-24(22)26-21(25-23)11-8-16-6-9-18(10-7-16)28(30)31/h1-11,21,26H,12-15H2,(H,25,29)/b11-8-/t21-/m0/s1. The third kappa shape index (κ3) is 4.15. The normalized spacial score (nSPS) is 18.0. The molecule has 1 aromatic heterocycles.